The van der Waals surface area contributed by atoms with Gasteiger partial charge in [0.1, 0.15) is 5.69 Å². The number of aromatic nitrogens is 3. The molecule has 0 aliphatic heterocycles. The Balaban J connectivity index is 0.000000140. The maximum Gasteiger partial charge on any atom is 0.168 e. The van der Waals surface area contributed by atoms with Gasteiger partial charge < -0.3 is 0 Å². The van der Waals surface area contributed by atoms with Crippen LogP contribution in [0.4, 0.5) is 0 Å². The van der Waals surface area contributed by atoms with Crippen molar-refractivity contribution in [3.8, 4) is 5.69 Å². The van der Waals surface area contributed by atoms with Gasteiger partial charge in [-0.2, -0.15) is 5.10 Å². The van der Waals surface area contributed by atoms with Crippen molar-refractivity contribution in [2.24, 2.45) is 0 Å². The molecule has 0 atom stereocenters. The van der Waals surface area contributed by atoms with Crippen LogP contribution in [0.1, 0.15) is 10.5 Å². The highest BCUT2D eigenvalue weighted by Gasteiger charge is 2.01. The van der Waals surface area contributed by atoms with Crippen molar-refractivity contribution >= 4 is 17.2 Å². The van der Waals surface area contributed by atoms with Crippen LogP contribution >= 0.6 is 0 Å². The number of rotatable bonds is 2. The highest BCUT2D eigenvalue weighted by molar-refractivity contribution is 5.77. The maximum absolute atomic E-state index is 10.6. The number of benzene rings is 2. The predicted octanol–water partition coefficient (Wildman–Crippen LogP) is 3.92. The Morgan fingerprint density at radius 3 is 2.30 bits per heavy atom. The van der Waals surface area contributed by atoms with Gasteiger partial charge in [-0.3, -0.25) is 9.78 Å². The zero-order chi connectivity index (χ0) is 15.9. The number of carbonyl (C=O) groups is 1. The molecular formula is C19H15N3O. The minimum Gasteiger partial charge on any atom is -0.296 e. The van der Waals surface area contributed by atoms with Gasteiger partial charge in [-0.1, -0.05) is 42.5 Å². The molecule has 0 spiro atoms. The number of nitrogens with zero attached hydrogens (tertiary/aromatic N) is 3. The second-order valence-electron chi connectivity index (χ2n) is 4.82. The quantitative estimate of drug-likeness (QED) is 0.527. The van der Waals surface area contributed by atoms with Crippen LogP contribution in [0.3, 0.4) is 0 Å². The van der Waals surface area contributed by atoms with Crippen LogP contribution in [0.5, 0.6) is 0 Å². The summed E-state index contributed by atoms with van der Waals surface area (Å²) in [5.74, 6) is 0. The second kappa shape index (κ2) is 7.13. The van der Waals surface area contributed by atoms with Gasteiger partial charge in [0.15, 0.2) is 6.29 Å². The van der Waals surface area contributed by atoms with Crippen molar-refractivity contribution in [1.82, 2.24) is 14.8 Å². The van der Waals surface area contributed by atoms with Gasteiger partial charge in [0, 0.05) is 11.6 Å². The first-order chi connectivity index (χ1) is 11.4. The van der Waals surface area contributed by atoms with E-state index in [9.17, 15) is 4.79 Å². The lowest BCUT2D eigenvalue weighted by Crippen LogP contribution is -2.00. The lowest BCUT2D eigenvalue weighted by Gasteiger charge is -2.01. The third-order valence-electron chi connectivity index (χ3n) is 3.31. The number of hydrogen-bond donors (Lipinski definition) is 0. The van der Waals surface area contributed by atoms with E-state index in [1.54, 1.807) is 16.9 Å². The van der Waals surface area contributed by atoms with Crippen molar-refractivity contribution in [2.75, 3.05) is 0 Å². The van der Waals surface area contributed by atoms with Crippen LogP contribution in [0, 0.1) is 0 Å². The molecule has 0 N–H and O–H groups in total. The smallest absolute Gasteiger partial charge is 0.168 e. The maximum atomic E-state index is 10.6. The van der Waals surface area contributed by atoms with Gasteiger partial charge >= 0.3 is 0 Å². The molecule has 4 heteroatoms. The van der Waals surface area contributed by atoms with E-state index in [1.165, 1.54) is 5.39 Å². The third kappa shape index (κ3) is 3.49. The van der Waals surface area contributed by atoms with Gasteiger partial charge in [0.05, 0.1) is 17.4 Å². The van der Waals surface area contributed by atoms with Crippen LogP contribution in [0.2, 0.25) is 0 Å². The van der Waals surface area contributed by atoms with Crippen LogP contribution in [0.25, 0.3) is 16.6 Å². The third-order valence-corrected chi connectivity index (χ3v) is 3.31. The fourth-order valence-corrected chi connectivity index (χ4v) is 2.20. The number of aldehydes is 1. The average Bonchev–Trinajstić information content (AvgIpc) is 3.12. The first kappa shape index (κ1) is 14.7. The molecule has 2 heterocycles. The lowest BCUT2D eigenvalue weighted by molar-refractivity contribution is 0.111. The molecule has 0 bridgehead atoms. The SMILES string of the molecule is O=Cc1ccnn1-c1ccccc1.c1ccc2ncccc2c1. The van der Waals surface area contributed by atoms with Gasteiger partial charge in [-0.05, 0) is 30.3 Å². The zero-order valence-electron chi connectivity index (χ0n) is 12.4. The van der Waals surface area contributed by atoms with Crippen LogP contribution in [-0.4, -0.2) is 21.1 Å². The summed E-state index contributed by atoms with van der Waals surface area (Å²) in [6, 6.07) is 23.3. The minimum atomic E-state index is 0.561. The Kier molecular flexibility index (Phi) is 4.55. The van der Waals surface area contributed by atoms with E-state index in [2.05, 4.69) is 22.2 Å². The van der Waals surface area contributed by atoms with Crippen LogP contribution in [-0.2, 0) is 0 Å². The normalized spacial score (nSPS) is 9.91. The second-order valence-corrected chi connectivity index (χ2v) is 4.82. The average molecular weight is 301 g/mol. The van der Waals surface area contributed by atoms with Crippen molar-refractivity contribution in [2.45, 2.75) is 0 Å². The number of carbonyl (C=O) groups excluding carboxylic acids is 1. The molecule has 0 fully saturated rings. The highest BCUT2D eigenvalue weighted by Crippen LogP contribution is 2.08. The molecule has 2 aromatic heterocycles. The summed E-state index contributed by atoms with van der Waals surface area (Å²) in [7, 11) is 0. The Bertz CT molecular complexity index is 835. The number of fused-ring (bicyclic) bond motifs is 1. The summed E-state index contributed by atoms with van der Waals surface area (Å²) in [5, 5.41) is 5.24. The molecule has 2 aromatic carbocycles. The monoisotopic (exact) mass is 301 g/mol. The number of para-hydroxylation sites is 2. The molecule has 0 saturated carbocycles. The van der Waals surface area contributed by atoms with Crippen molar-refractivity contribution in [3.05, 3.63) is 90.9 Å². The molecule has 4 rings (SSSR count). The Hall–Kier alpha value is -3.27. The van der Waals surface area contributed by atoms with Gasteiger partial charge in [-0.15, -0.1) is 0 Å². The predicted molar refractivity (Wildman–Crippen MR) is 90.7 cm³/mol. The summed E-state index contributed by atoms with van der Waals surface area (Å²) in [4.78, 5) is 14.8. The molecular weight excluding hydrogens is 286 g/mol. The standard InChI is InChI=1S/C10H8N2O.C9H7N/c13-8-10-6-7-11-12(10)9-4-2-1-3-5-9;1-2-6-9-8(4-1)5-3-7-10-9/h1-8H;1-7H. The Labute approximate surface area is 134 Å². The Morgan fingerprint density at radius 2 is 1.52 bits per heavy atom. The van der Waals surface area contributed by atoms with Gasteiger partial charge in [0.2, 0.25) is 0 Å². The zero-order valence-corrected chi connectivity index (χ0v) is 12.4. The van der Waals surface area contributed by atoms with E-state index in [1.807, 2.05) is 60.8 Å². The molecule has 4 aromatic rings. The van der Waals surface area contributed by atoms with Gasteiger partial charge in [-0.25, -0.2) is 4.68 Å². The minimum absolute atomic E-state index is 0.561. The molecule has 112 valence electrons. The summed E-state index contributed by atoms with van der Waals surface area (Å²) < 4.78 is 1.60. The van der Waals surface area contributed by atoms with E-state index in [4.69, 9.17) is 0 Å². The van der Waals surface area contributed by atoms with E-state index in [0.29, 0.717) is 5.69 Å². The summed E-state index contributed by atoms with van der Waals surface area (Å²) in [5.41, 5.74) is 2.52. The first-order valence-electron chi connectivity index (χ1n) is 7.23. The van der Waals surface area contributed by atoms with Crippen molar-refractivity contribution in [3.63, 3.8) is 0 Å². The van der Waals surface area contributed by atoms with Crippen molar-refractivity contribution in [1.29, 1.82) is 0 Å². The summed E-state index contributed by atoms with van der Waals surface area (Å²) >= 11 is 0. The van der Waals surface area contributed by atoms with Crippen molar-refractivity contribution < 1.29 is 4.79 Å². The fourth-order valence-electron chi connectivity index (χ4n) is 2.20. The molecule has 23 heavy (non-hydrogen) atoms. The molecule has 0 radical (unpaired) electrons. The molecule has 0 amide bonds. The van der Waals surface area contributed by atoms with E-state index in [-0.39, 0.29) is 0 Å². The highest BCUT2D eigenvalue weighted by atomic mass is 16.1. The molecule has 0 aliphatic rings. The molecule has 0 aliphatic carbocycles. The van der Waals surface area contributed by atoms with Crippen LogP contribution < -0.4 is 0 Å². The summed E-state index contributed by atoms with van der Waals surface area (Å²) in [6.45, 7) is 0. The number of pyridine rings is 1. The molecule has 0 saturated heterocycles. The first-order valence-corrected chi connectivity index (χ1v) is 7.23. The van der Waals surface area contributed by atoms with E-state index >= 15 is 0 Å². The topological polar surface area (TPSA) is 47.8 Å². The van der Waals surface area contributed by atoms with Gasteiger partial charge in [0.25, 0.3) is 0 Å². The largest absolute Gasteiger partial charge is 0.296 e. The lowest BCUT2D eigenvalue weighted by atomic mass is 10.2. The van der Waals surface area contributed by atoms with E-state index in [0.717, 1.165) is 17.5 Å². The summed E-state index contributed by atoms with van der Waals surface area (Å²) in [6.07, 6.45) is 4.21. The fraction of sp³-hybridized carbons (Fsp3) is 0. The Morgan fingerprint density at radius 1 is 0.783 bits per heavy atom. The molecule has 0 unspecified atom stereocenters. The van der Waals surface area contributed by atoms with Crippen LogP contribution in [0.15, 0.2) is 85.2 Å². The number of hydrogen-bond acceptors (Lipinski definition) is 3. The molecule has 4 nitrogen and oxygen atoms in total. The van der Waals surface area contributed by atoms with E-state index < -0.39 is 0 Å².